The van der Waals surface area contributed by atoms with E-state index in [1.807, 2.05) is 0 Å². The molecule has 0 bridgehead atoms. The highest BCUT2D eigenvalue weighted by Gasteiger charge is 2.16. The summed E-state index contributed by atoms with van der Waals surface area (Å²) >= 11 is 5.78. The summed E-state index contributed by atoms with van der Waals surface area (Å²) in [6.45, 7) is 0. The summed E-state index contributed by atoms with van der Waals surface area (Å²) < 4.78 is 0. The van der Waals surface area contributed by atoms with E-state index in [1.54, 1.807) is 36.2 Å². The number of rotatable bonds is 1. The molecule has 0 saturated carbocycles. The first-order valence-corrected chi connectivity index (χ1v) is 5.38. The van der Waals surface area contributed by atoms with E-state index in [1.165, 1.54) is 19.0 Å². The van der Waals surface area contributed by atoms with Gasteiger partial charge in [0.1, 0.15) is 0 Å². The number of nitrogens with one attached hydrogen (secondary N) is 2. The van der Waals surface area contributed by atoms with Crippen molar-refractivity contribution in [3.63, 3.8) is 0 Å². The molecule has 5 nitrogen and oxygen atoms in total. The molecule has 0 heterocycles. The Morgan fingerprint density at radius 3 is 2.29 bits per heavy atom. The predicted octanol–water partition coefficient (Wildman–Crippen LogP) is 1.98. The van der Waals surface area contributed by atoms with E-state index in [0.29, 0.717) is 5.02 Å². The largest absolute Gasteiger partial charge is 0.341 e. The van der Waals surface area contributed by atoms with Gasteiger partial charge in [-0.15, -0.1) is 0 Å². The molecule has 17 heavy (non-hydrogen) atoms. The number of nitrogens with zero attached hydrogens (tertiary/aromatic N) is 2. The SMILES string of the molecule is CNC(=O)N(C)C(=N)N(C)c1ccc(Cl)cc1. The predicted molar refractivity (Wildman–Crippen MR) is 69.8 cm³/mol. The summed E-state index contributed by atoms with van der Waals surface area (Å²) in [5.74, 6) is 0.0756. The van der Waals surface area contributed by atoms with Crippen molar-refractivity contribution in [2.24, 2.45) is 0 Å². The highest BCUT2D eigenvalue weighted by Crippen LogP contribution is 2.17. The van der Waals surface area contributed by atoms with Crippen LogP contribution >= 0.6 is 11.6 Å². The van der Waals surface area contributed by atoms with Crippen molar-refractivity contribution in [1.82, 2.24) is 10.2 Å². The molecule has 2 N–H and O–H groups in total. The molecule has 0 aliphatic carbocycles. The van der Waals surface area contributed by atoms with E-state index in [0.717, 1.165) is 5.69 Å². The molecular formula is C11H15ClN4O. The maximum Gasteiger partial charge on any atom is 0.323 e. The van der Waals surface area contributed by atoms with Crippen molar-refractivity contribution >= 4 is 29.3 Å². The molecule has 0 aliphatic heterocycles. The maximum atomic E-state index is 11.4. The lowest BCUT2D eigenvalue weighted by molar-refractivity contribution is 0.228. The Morgan fingerprint density at radius 1 is 1.29 bits per heavy atom. The van der Waals surface area contributed by atoms with Gasteiger partial charge in [-0.2, -0.15) is 0 Å². The van der Waals surface area contributed by atoms with E-state index in [4.69, 9.17) is 17.0 Å². The van der Waals surface area contributed by atoms with Crippen LogP contribution in [0.25, 0.3) is 0 Å². The molecule has 0 saturated heterocycles. The quantitative estimate of drug-likeness (QED) is 0.595. The zero-order valence-corrected chi connectivity index (χ0v) is 10.7. The van der Waals surface area contributed by atoms with E-state index in [-0.39, 0.29) is 12.0 Å². The molecule has 92 valence electrons. The fourth-order valence-corrected chi connectivity index (χ4v) is 1.40. The summed E-state index contributed by atoms with van der Waals surface area (Å²) in [5.41, 5.74) is 0.787. The number of carbonyl (C=O) groups excluding carboxylic acids is 1. The van der Waals surface area contributed by atoms with E-state index < -0.39 is 0 Å². The minimum absolute atomic E-state index is 0.0756. The summed E-state index contributed by atoms with van der Waals surface area (Å²) in [6.07, 6.45) is 0. The molecule has 1 aromatic carbocycles. The Kier molecular flexibility index (Phi) is 4.34. The third-order valence-corrected chi connectivity index (χ3v) is 2.62. The number of halogens is 1. The molecule has 1 aromatic rings. The fourth-order valence-electron chi connectivity index (χ4n) is 1.28. The lowest BCUT2D eigenvalue weighted by atomic mass is 10.3. The number of carbonyl (C=O) groups is 1. The third kappa shape index (κ3) is 3.10. The van der Waals surface area contributed by atoms with Crippen molar-refractivity contribution < 1.29 is 4.79 Å². The van der Waals surface area contributed by atoms with Gasteiger partial charge in [-0.1, -0.05) is 11.6 Å². The van der Waals surface area contributed by atoms with Crippen LogP contribution in [0.4, 0.5) is 10.5 Å². The Balaban J connectivity index is 2.83. The highest BCUT2D eigenvalue weighted by atomic mass is 35.5. The number of urea groups is 1. The van der Waals surface area contributed by atoms with E-state index >= 15 is 0 Å². The molecule has 0 atom stereocenters. The molecular weight excluding hydrogens is 240 g/mol. The molecule has 0 aromatic heterocycles. The second-order valence-corrected chi connectivity index (χ2v) is 3.91. The molecule has 1 rings (SSSR count). The summed E-state index contributed by atoms with van der Waals surface area (Å²) in [4.78, 5) is 14.2. The monoisotopic (exact) mass is 254 g/mol. The first-order chi connectivity index (χ1) is 7.97. The average molecular weight is 255 g/mol. The maximum absolute atomic E-state index is 11.4. The Hall–Kier alpha value is -1.75. The van der Waals surface area contributed by atoms with Crippen LogP contribution in [-0.4, -0.2) is 38.0 Å². The van der Waals surface area contributed by atoms with Gasteiger partial charge < -0.3 is 10.2 Å². The van der Waals surface area contributed by atoms with Crippen molar-refractivity contribution in [2.45, 2.75) is 0 Å². The fraction of sp³-hybridized carbons (Fsp3) is 0.273. The minimum atomic E-state index is -0.337. The molecule has 0 unspecified atom stereocenters. The van der Waals surface area contributed by atoms with Crippen molar-refractivity contribution in [3.05, 3.63) is 29.3 Å². The number of guanidine groups is 1. The van der Waals surface area contributed by atoms with Gasteiger partial charge in [-0.25, -0.2) is 4.79 Å². The van der Waals surface area contributed by atoms with Crippen LogP contribution in [0.1, 0.15) is 0 Å². The molecule has 0 fully saturated rings. The zero-order chi connectivity index (χ0) is 13.0. The zero-order valence-electron chi connectivity index (χ0n) is 9.99. The summed E-state index contributed by atoms with van der Waals surface area (Å²) in [6, 6.07) is 6.71. The number of benzene rings is 1. The smallest absolute Gasteiger partial charge is 0.323 e. The van der Waals surface area contributed by atoms with Crippen LogP contribution in [0, 0.1) is 5.41 Å². The first-order valence-electron chi connectivity index (χ1n) is 5.00. The van der Waals surface area contributed by atoms with Gasteiger partial charge in [0.2, 0.25) is 5.96 Å². The van der Waals surface area contributed by atoms with Gasteiger partial charge in [0, 0.05) is 31.9 Å². The summed E-state index contributed by atoms with van der Waals surface area (Å²) in [5, 5.41) is 11.0. The molecule has 2 amide bonds. The number of anilines is 1. The van der Waals surface area contributed by atoms with Crippen molar-refractivity contribution in [3.8, 4) is 0 Å². The second kappa shape index (κ2) is 5.54. The van der Waals surface area contributed by atoms with Gasteiger partial charge in [-0.3, -0.25) is 10.3 Å². The summed E-state index contributed by atoms with van der Waals surface area (Å²) in [7, 11) is 4.77. The van der Waals surface area contributed by atoms with Crippen LogP contribution in [0.3, 0.4) is 0 Å². The van der Waals surface area contributed by atoms with E-state index in [9.17, 15) is 4.79 Å². The average Bonchev–Trinajstić information content (AvgIpc) is 2.36. The van der Waals surface area contributed by atoms with Gasteiger partial charge in [0.25, 0.3) is 0 Å². The van der Waals surface area contributed by atoms with Gasteiger partial charge in [0.15, 0.2) is 0 Å². The van der Waals surface area contributed by atoms with Gasteiger partial charge in [0.05, 0.1) is 0 Å². The van der Waals surface area contributed by atoms with Gasteiger partial charge in [-0.05, 0) is 24.3 Å². The Labute approximate surface area is 105 Å². The van der Waals surface area contributed by atoms with Crippen LogP contribution in [0.15, 0.2) is 24.3 Å². The normalized spacial score (nSPS) is 9.65. The first kappa shape index (κ1) is 13.3. The van der Waals surface area contributed by atoms with Crippen molar-refractivity contribution in [1.29, 1.82) is 5.41 Å². The Bertz CT molecular complexity index is 418. The van der Waals surface area contributed by atoms with E-state index in [2.05, 4.69) is 5.32 Å². The second-order valence-electron chi connectivity index (χ2n) is 3.47. The number of hydrogen-bond acceptors (Lipinski definition) is 2. The Morgan fingerprint density at radius 2 is 1.82 bits per heavy atom. The van der Waals surface area contributed by atoms with Crippen molar-refractivity contribution in [2.75, 3.05) is 26.0 Å². The van der Waals surface area contributed by atoms with Crippen LogP contribution < -0.4 is 10.2 Å². The molecule has 6 heteroatoms. The van der Waals surface area contributed by atoms with Crippen LogP contribution in [0.2, 0.25) is 5.02 Å². The molecule has 0 radical (unpaired) electrons. The highest BCUT2D eigenvalue weighted by molar-refractivity contribution is 6.30. The molecule has 0 spiro atoms. The lowest BCUT2D eigenvalue weighted by Crippen LogP contribution is -2.46. The van der Waals surface area contributed by atoms with Crippen LogP contribution in [-0.2, 0) is 0 Å². The standard InChI is InChI=1S/C11H15ClN4O/c1-14-11(17)16(3)10(13)15(2)9-6-4-8(12)5-7-9/h4-7,13H,1-3H3,(H,14,17). The topological polar surface area (TPSA) is 59.4 Å². The third-order valence-electron chi connectivity index (χ3n) is 2.37. The molecule has 0 aliphatic rings. The number of amides is 2. The number of hydrogen-bond donors (Lipinski definition) is 2. The lowest BCUT2D eigenvalue weighted by Gasteiger charge is -2.26. The van der Waals surface area contributed by atoms with Gasteiger partial charge >= 0.3 is 6.03 Å². The van der Waals surface area contributed by atoms with Crippen LogP contribution in [0.5, 0.6) is 0 Å². The minimum Gasteiger partial charge on any atom is -0.341 e.